The Balaban J connectivity index is 1.42. The zero-order valence-corrected chi connectivity index (χ0v) is 49.6. The molecule has 12 nitrogen and oxygen atoms in total. The normalized spacial score (nSPS) is 16.6. The van der Waals surface area contributed by atoms with Gasteiger partial charge in [0, 0.05) is 79.1 Å². The van der Waals surface area contributed by atoms with Crippen LogP contribution < -0.4 is 0 Å². The summed E-state index contributed by atoms with van der Waals surface area (Å²) < 4.78 is 0. The highest BCUT2D eigenvalue weighted by Gasteiger charge is 2.48. The molecule has 0 aromatic heterocycles. The number of rotatable bonds is 33. The molecule has 4 aliphatic heterocycles. The maximum absolute atomic E-state index is 16.1. The molecular formula is C68H90N4O8. The molecule has 0 aliphatic carbocycles. The maximum atomic E-state index is 16.1. The number of hydrogen-bond acceptors (Lipinski definition) is 8. The van der Waals surface area contributed by atoms with Gasteiger partial charge in [-0.1, -0.05) is 184 Å². The van der Waals surface area contributed by atoms with Gasteiger partial charge in [-0.15, -0.1) is 0 Å². The Morgan fingerprint density at radius 3 is 0.738 bits per heavy atom. The SMILES string of the molecule is CCCCCCCC(CC)N1C(=O)c2ccc3c4c(c(-c5cc6c7c(ccc8c7c5C(=O)N(C(CC)CCCCCCC)C8=O)C(=O)N(C(CC)CCCCCCC)C6=O)cc(c24)C1=O)C(=O)N(C(CC)CCCCCCC)C3=O. The van der Waals surface area contributed by atoms with Crippen LogP contribution in [-0.4, -0.2) is 91.0 Å². The van der Waals surface area contributed by atoms with Crippen LogP contribution in [0, 0.1) is 0 Å². The van der Waals surface area contributed by atoms with Crippen LogP contribution in [0.3, 0.4) is 0 Å². The van der Waals surface area contributed by atoms with Crippen molar-refractivity contribution in [1.29, 1.82) is 0 Å². The van der Waals surface area contributed by atoms with Gasteiger partial charge in [0.1, 0.15) is 0 Å². The average Bonchev–Trinajstić information content (AvgIpc) is 3.50. The molecule has 4 unspecified atom stereocenters. The molecule has 4 aromatic carbocycles. The third kappa shape index (κ3) is 11.2. The van der Waals surface area contributed by atoms with E-state index in [0.29, 0.717) is 51.4 Å². The molecule has 0 N–H and O–H groups in total. The van der Waals surface area contributed by atoms with Gasteiger partial charge in [0.25, 0.3) is 47.3 Å². The topological polar surface area (TPSA) is 150 Å². The zero-order chi connectivity index (χ0) is 57.4. The highest BCUT2D eigenvalue weighted by atomic mass is 16.2. The maximum Gasteiger partial charge on any atom is 0.262 e. The Kier molecular flexibility index (Phi) is 20.4. The lowest BCUT2D eigenvalue weighted by molar-refractivity contribution is 0.0501. The van der Waals surface area contributed by atoms with Gasteiger partial charge in [0.05, 0.1) is 11.1 Å². The van der Waals surface area contributed by atoms with Gasteiger partial charge < -0.3 is 0 Å². The quantitative estimate of drug-likeness (QED) is 0.0338. The van der Waals surface area contributed by atoms with Crippen LogP contribution in [0.25, 0.3) is 32.7 Å². The van der Waals surface area contributed by atoms with Gasteiger partial charge in [-0.3, -0.25) is 58.0 Å². The molecule has 430 valence electrons. The second kappa shape index (κ2) is 27.2. The standard InChI is InChI=1S/C68H90N4O8/c1-9-17-21-25-29-33-43(13-5)69-61(73)47-37-39-49-57-55(47)53(65(69)77)41-51(59(57)67(79)71(63(49)75)45(15-7)35-31-27-23-19-11-3)52-42-54-56-48(62(74)70(66(54)78)44(14-6)34-30-26-22-18-10-2)38-40-50-58(56)60(52)68(80)72(64(50)76)46(16-8)36-32-28-24-20-12-4/h37-46H,9-36H2,1-8H3. The minimum atomic E-state index is -0.607. The Bertz CT molecular complexity index is 2830. The molecule has 12 heteroatoms. The predicted octanol–water partition coefficient (Wildman–Crippen LogP) is 16.6. The Hall–Kier alpha value is -6.04. The summed E-state index contributed by atoms with van der Waals surface area (Å²) >= 11 is 0. The molecule has 8 rings (SSSR count). The van der Waals surface area contributed by atoms with E-state index in [1.54, 1.807) is 36.4 Å². The fourth-order valence-electron chi connectivity index (χ4n) is 13.8. The molecule has 4 heterocycles. The second-order valence-electron chi connectivity index (χ2n) is 23.5. The molecular weight excluding hydrogens is 1000 g/mol. The lowest BCUT2D eigenvalue weighted by Gasteiger charge is -2.39. The number of amides is 8. The molecule has 80 heavy (non-hydrogen) atoms. The minimum absolute atomic E-state index is 0.0658. The number of hydrogen-bond donors (Lipinski definition) is 0. The molecule has 0 radical (unpaired) electrons. The highest BCUT2D eigenvalue weighted by molar-refractivity contribution is 6.38. The van der Waals surface area contributed by atoms with E-state index in [-0.39, 0.29) is 77.2 Å². The van der Waals surface area contributed by atoms with Crippen LogP contribution in [0.5, 0.6) is 0 Å². The Labute approximate surface area is 476 Å². The number of nitrogens with zero attached hydrogens (tertiary/aromatic N) is 4. The summed E-state index contributed by atoms with van der Waals surface area (Å²) in [7, 11) is 0. The van der Waals surface area contributed by atoms with Crippen molar-refractivity contribution in [2.45, 2.75) is 259 Å². The van der Waals surface area contributed by atoms with Crippen molar-refractivity contribution < 1.29 is 38.4 Å². The predicted molar refractivity (Wildman–Crippen MR) is 319 cm³/mol. The minimum Gasteiger partial charge on any atom is -0.271 e. The first-order valence-corrected chi connectivity index (χ1v) is 31.6. The fourth-order valence-corrected chi connectivity index (χ4v) is 13.8. The molecule has 4 aromatic rings. The lowest BCUT2D eigenvalue weighted by atomic mass is 9.77. The Morgan fingerprint density at radius 1 is 0.263 bits per heavy atom. The van der Waals surface area contributed by atoms with Crippen LogP contribution >= 0.6 is 0 Å². The first-order chi connectivity index (χ1) is 38.8. The molecule has 8 amide bonds. The molecule has 0 fully saturated rings. The van der Waals surface area contributed by atoms with Crippen molar-refractivity contribution >= 4 is 68.8 Å². The number of benzene rings is 4. The summed E-state index contributed by atoms with van der Waals surface area (Å²) in [5, 5.41) is 0.811. The van der Waals surface area contributed by atoms with Gasteiger partial charge >= 0.3 is 0 Å². The zero-order valence-electron chi connectivity index (χ0n) is 49.6. The monoisotopic (exact) mass is 1090 g/mol. The van der Waals surface area contributed by atoms with Crippen molar-refractivity contribution in [3.05, 3.63) is 80.9 Å². The van der Waals surface area contributed by atoms with Crippen LogP contribution in [-0.2, 0) is 0 Å². The van der Waals surface area contributed by atoms with Crippen molar-refractivity contribution in [3.63, 3.8) is 0 Å². The van der Waals surface area contributed by atoms with Gasteiger partial charge in [-0.05, 0) is 98.9 Å². The molecule has 0 saturated carbocycles. The summed E-state index contributed by atoms with van der Waals surface area (Å²) in [6.45, 7) is 16.5. The molecule has 4 atom stereocenters. The van der Waals surface area contributed by atoms with Gasteiger partial charge in [-0.25, -0.2) is 0 Å². The van der Waals surface area contributed by atoms with Gasteiger partial charge in [-0.2, -0.15) is 0 Å². The average molecular weight is 1090 g/mol. The van der Waals surface area contributed by atoms with E-state index in [1.165, 1.54) is 19.6 Å². The number of carbonyl (C=O) groups excluding carboxylic acids is 8. The van der Waals surface area contributed by atoms with E-state index in [9.17, 15) is 0 Å². The first kappa shape index (κ1) is 60.1. The smallest absolute Gasteiger partial charge is 0.262 e. The highest BCUT2D eigenvalue weighted by Crippen LogP contribution is 2.49. The van der Waals surface area contributed by atoms with Crippen molar-refractivity contribution in [2.75, 3.05) is 0 Å². The van der Waals surface area contributed by atoms with Crippen LogP contribution in [0.15, 0.2) is 36.4 Å². The molecule has 0 saturated heterocycles. The van der Waals surface area contributed by atoms with E-state index in [1.807, 2.05) is 27.7 Å². The van der Waals surface area contributed by atoms with E-state index in [0.717, 1.165) is 128 Å². The molecule has 0 bridgehead atoms. The fraction of sp³-hybridized carbons (Fsp3) is 0.588. The van der Waals surface area contributed by atoms with E-state index in [4.69, 9.17) is 0 Å². The third-order valence-corrected chi connectivity index (χ3v) is 18.3. The third-order valence-electron chi connectivity index (χ3n) is 18.3. The van der Waals surface area contributed by atoms with Crippen molar-refractivity contribution in [2.24, 2.45) is 0 Å². The van der Waals surface area contributed by atoms with Gasteiger partial charge in [0.2, 0.25) is 0 Å². The summed E-state index contributed by atoms with van der Waals surface area (Å²) in [5.41, 5.74) is 1.51. The number of unbranched alkanes of at least 4 members (excludes halogenated alkanes) is 16. The summed E-state index contributed by atoms with van der Waals surface area (Å²) in [6.07, 6.45) is 24.2. The Morgan fingerprint density at radius 2 is 0.487 bits per heavy atom. The van der Waals surface area contributed by atoms with Crippen LogP contribution in [0.4, 0.5) is 0 Å². The van der Waals surface area contributed by atoms with Crippen LogP contribution in [0.2, 0.25) is 0 Å². The number of carbonyl (C=O) groups is 8. The van der Waals surface area contributed by atoms with Crippen molar-refractivity contribution in [3.8, 4) is 11.1 Å². The van der Waals surface area contributed by atoms with Gasteiger partial charge in [0.15, 0.2) is 0 Å². The lowest BCUT2D eigenvalue weighted by Crippen LogP contribution is -2.50. The van der Waals surface area contributed by atoms with E-state index in [2.05, 4.69) is 27.7 Å². The summed E-state index contributed by atoms with van der Waals surface area (Å²) in [4.78, 5) is 129. The summed E-state index contributed by atoms with van der Waals surface area (Å²) in [5.74, 6) is -4.30. The van der Waals surface area contributed by atoms with Crippen molar-refractivity contribution in [1.82, 2.24) is 19.6 Å². The van der Waals surface area contributed by atoms with E-state index >= 15 is 38.4 Å². The number of imide groups is 4. The first-order valence-electron chi connectivity index (χ1n) is 31.6. The second-order valence-corrected chi connectivity index (χ2v) is 23.5. The molecule has 4 aliphatic rings. The van der Waals surface area contributed by atoms with Crippen LogP contribution in [0.1, 0.15) is 318 Å². The summed E-state index contributed by atoms with van der Waals surface area (Å²) in [6, 6.07) is 7.94. The molecule has 0 spiro atoms. The largest absolute Gasteiger partial charge is 0.271 e. The van der Waals surface area contributed by atoms with E-state index < -0.39 is 71.4 Å².